The van der Waals surface area contributed by atoms with E-state index in [-0.39, 0.29) is 0 Å². The normalized spacial score (nSPS) is 11.0. The topological polar surface area (TPSA) is 115 Å². The minimum atomic E-state index is -0.725. The van der Waals surface area contributed by atoms with Crippen molar-refractivity contribution in [3.63, 3.8) is 0 Å². The highest BCUT2D eigenvalue weighted by atomic mass is 35.5. The van der Waals surface area contributed by atoms with Crippen LogP contribution in [0.4, 0.5) is 4.79 Å². The molecule has 1 amide bonds. The molecule has 4 rings (SSSR count). The van der Waals surface area contributed by atoms with Gasteiger partial charge in [-0.25, -0.2) is 9.78 Å². The second-order valence-corrected chi connectivity index (χ2v) is 11.2. The van der Waals surface area contributed by atoms with Crippen LogP contribution in [0.25, 0.3) is 16.9 Å². The largest absolute Gasteiger partial charge is 0.492 e. The fraction of sp³-hybridized carbons (Fsp3) is 0.312. The van der Waals surface area contributed by atoms with Gasteiger partial charge in [0.1, 0.15) is 35.3 Å². The molecule has 9 heteroatoms. The number of imidazole rings is 1. The summed E-state index contributed by atoms with van der Waals surface area (Å²) in [6, 6.07) is 23.3. The number of ether oxygens (including phenoxy) is 3. The van der Waals surface area contributed by atoms with Crippen molar-refractivity contribution in [1.29, 1.82) is 0 Å². The molecule has 1 aromatic heterocycles. The smallest absolute Gasteiger partial charge is 0.405 e. The predicted octanol–water partition coefficient (Wildman–Crippen LogP) is 7.40. The number of nitrogens with zero attached hydrogens (tertiary/aromatic N) is 2. The molecule has 0 aliphatic rings. The second kappa shape index (κ2) is 14.6. The van der Waals surface area contributed by atoms with Crippen LogP contribution in [0.15, 0.2) is 79.0 Å². The monoisotopic (exact) mass is 578 g/mol. The minimum absolute atomic E-state index is 0.453. The van der Waals surface area contributed by atoms with E-state index in [1.165, 1.54) is 0 Å². The third-order valence-corrected chi connectivity index (χ3v) is 5.73. The molecule has 0 saturated carbocycles. The number of nitrogens with two attached hydrogens (primary N) is 2. The Hall–Kier alpha value is -4.01. The summed E-state index contributed by atoms with van der Waals surface area (Å²) >= 11 is 5.95. The average molecular weight is 579 g/mol. The fourth-order valence-electron chi connectivity index (χ4n) is 3.80. The predicted molar refractivity (Wildman–Crippen MR) is 164 cm³/mol. The van der Waals surface area contributed by atoms with Gasteiger partial charge in [0, 0.05) is 35.4 Å². The Morgan fingerprint density at radius 3 is 1.98 bits per heavy atom. The molecule has 1 heterocycles. The highest BCUT2D eigenvalue weighted by Gasteiger charge is 2.14. The first-order valence-electron chi connectivity index (χ1n) is 13.5. The van der Waals surface area contributed by atoms with Crippen LogP contribution < -0.4 is 20.9 Å². The van der Waals surface area contributed by atoms with Crippen molar-refractivity contribution in [3.05, 3.63) is 89.8 Å². The highest BCUT2D eigenvalue weighted by molar-refractivity contribution is 6.30. The van der Waals surface area contributed by atoms with Crippen molar-refractivity contribution < 1.29 is 19.0 Å². The van der Waals surface area contributed by atoms with Crippen LogP contribution in [0, 0.1) is 5.92 Å². The molecule has 8 nitrogen and oxygen atoms in total. The van der Waals surface area contributed by atoms with Crippen LogP contribution in [0.2, 0.25) is 5.02 Å². The van der Waals surface area contributed by atoms with E-state index in [0.29, 0.717) is 24.1 Å². The van der Waals surface area contributed by atoms with Crippen molar-refractivity contribution >= 4 is 17.7 Å². The molecule has 218 valence electrons. The Morgan fingerprint density at radius 2 is 1.49 bits per heavy atom. The number of aromatic nitrogens is 2. The lowest BCUT2D eigenvalue weighted by molar-refractivity contribution is 0.0600. The average Bonchev–Trinajstić information content (AvgIpc) is 3.31. The van der Waals surface area contributed by atoms with Gasteiger partial charge in [0.05, 0.1) is 5.69 Å². The van der Waals surface area contributed by atoms with Gasteiger partial charge in [0.25, 0.3) is 0 Å². The summed E-state index contributed by atoms with van der Waals surface area (Å²) in [6.07, 6.45) is 2.24. The van der Waals surface area contributed by atoms with Crippen molar-refractivity contribution in [3.8, 4) is 34.2 Å². The van der Waals surface area contributed by atoms with Crippen molar-refractivity contribution in [1.82, 2.24) is 9.55 Å². The minimum Gasteiger partial charge on any atom is -0.492 e. The summed E-state index contributed by atoms with van der Waals surface area (Å²) in [5, 5.41) is 0.684. The molecule has 0 atom stereocenters. The number of hydrogen-bond acceptors (Lipinski definition) is 6. The first-order chi connectivity index (χ1) is 19.4. The van der Waals surface area contributed by atoms with Crippen LogP contribution in [0.5, 0.6) is 17.2 Å². The van der Waals surface area contributed by atoms with Crippen LogP contribution in [0.3, 0.4) is 0 Å². The Bertz CT molecular complexity index is 1380. The second-order valence-electron chi connectivity index (χ2n) is 10.8. The zero-order valence-corrected chi connectivity index (χ0v) is 25.0. The van der Waals surface area contributed by atoms with Crippen molar-refractivity contribution in [2.24, 2.45) is 17.4 Å². The van der Waals surface area contributed by atoms with E-state index < -0.39 is 11.7 Å². The summed E-state index contributed by atoms with van der Waals surface area (Å²) in [6.45, 7) is 10.7. The van der Waals surface area contributed by atoms with Gasteiger partial charge in [-0.05, 0) is 99.5 Å². The van der Waals surface area contributed by atoms with E-state index >= 15 is 0 Å². The molecule has 0 saturated heterocycles. The van der Waals surface area contributed by atoms with Gasteiger partial charge in [-0.2, -0.15) is 0 Å². The first-order valence-corrected chi connectivity index (χ1v) is 13.8. The molecule has 4 N–H and O–H groups in total. The molecule has 0 unspecified atom stereocenters. The number of primary amides is 1. The van der Waals surface area contributed by atoms with Gasteiger partial charge >= 0.3 is 6.09 Å². The number of halogens is 1. The lowest BCUT2D eigenvalue weighted by atomic mass is 10.1. The van der Waals surface area contributed by atoms with Crippen LogP contribution in [-0.2, 0) is 11.2 Å². The molecule has 3 aromatic carbocycles. The van der Waals surface area contributed by atoms with Crippen LogP contribution in [0.1, 0.15) is 40.4 Å². The zero-order valence-electron chi connectivity index (χ0n) is 24.3. The molecule has 0 aliphatic carbocycles. The summed E-state index contributed by atoms with van der Waals surface area (Å²) in [4.78, 5) is 15.0. The number of amides is 1. The lowest BCUT2D eigenvalue weighted by Crippen LogP contribution is -2.27. The van der Waals surface area contributed by atoms with Crippen molar-refractivity contribution in [2.45, 2.75) is 46.6 Å². The summed E-state index contributed by atoms with van der Waals surface area (Å²) in [7, 11) is 0. The van der Waals surface area contributed by atoms with Crippen LogP contribution >= 0.6 is 11.6 Å². The quantitative estimate of drug-likeness (QED) is 0.214. The van der Waals surface area contributed by atoms with Gasteiger partial charge < -0.3 is 30.2 Å². The van der Waals surface area contributed by atoms with E-state index in [1.54, 1.807) is 20.8 Å². The molecular weight excluding hydrogens is 540 g/mol. The molecule has 0 bridgehead atoms. The van der Waals surface area contributed by atoms with Gasteiger partial charge in [0.15, 0.2) is 0 Å². The number of carbonyl (C=O) groups excluding carboxylic acids is 1. The van der Waals surface area contributed by atoms with E-state index in [1.807, 2.05) is 72.8 Å². The lowest BCUT2D eigenvalue weighted by Gasteiger charge is -2.16. The van der Waals surface area contributed by atoms with Gasteiger partial charge in [0.2, 0.25) is 0 Å². The Kier molecular flexibility index (Phi) is 11.2. The number of hydrogen-bond donors (Lipinski definition) is 2. The van der Waals surface area contributed by atoms with E-state index in [2.05, 4.69) is 29.3 Å². The Labute approximate surface area is 247 Å². The van der Waals surface area contributed by atoms with E-state index in [4.69, 9.17) is 37.5 Å². The van der Waals surface area contributed by atoms with Gasteiger partial charge in [-0.3, -0.25) is 0 Å². The molecule has 41 heavy (non-hydrogen) atoms. The number of benzene rings is 3. The first kappa shape index (κ1) is 31.5. The van der Waals surface area contributed by atoms with Crippen LogP contribution in [-0.4, -0.2) is 34.4 Å². The fourth-order valence-corrected chi connectivity index (χ4v) is 3.93. The summed E-state index contributed by atoms with van der Waals surface area (Å²) in [5.74, 6) is 3.83. The number of carbonyl (C=O) groups is 1. The maximum Gasteiger partial charge on any atom is 0.405 e. The molecule has 0 radical (unpaired) electrons. The zero-order chi connectivity index (χ0) is 30.0. The molecule has 0 spiro atoms. The molecule has 0 fully saturated rings. The third kappa shape index (κ3) is 10.5. The SMILES string of the molecule is CC(C)(C)OC(N)=O.CC(C)Cc1nc(-c2ccc(OCCN)cc2)cn1-c1ccc(Oc2ccc(Cl)cc2)cc1. The standard InChI is InChI=1S/C27H28ClN3O2.C5H11NO2/c1-19(2)17-27-30-26(20-3-9-23(10-4-20)32-16-15-29)18-31(27)22-7-13-25(14-8-22)33-24-11-5-21(28)6-12-24;1-5(2,3)8-4(6)7/h3-14,18-19H,15-17,29H2,1-2H3;1-3H3,(H2,6,7). The third-order valence-electron chi connectivity index (χ3n) is 5.48. The Balaban J connectivity index is 0.000000507. The maximum atomic E-state index is 10.0. The summed E-state index contributed by atoms with van der Waals surface area (Å²) < 4.78 is 18.2. The van der Waals surface area contributed by atoms with Gasteiger partial charge in [-0.1, -0.05) is 25.4 Å². The molecular formula is C32H39ClN4O4. The Morgan fingerprint density at radius 1 is 0.927 bits per heavy atom. The molecule has 4 aromatic rings. The maximum absolute atomic E-state index is 10.0. The highest BCUT2D eigenvalue weighted by Crippen LogP contribution is 2.28. The van der Waals surface area contributed by atoms with E-state index in [9.17, 15) is 4.79 Å². The number of rotatable bonds is 9. The summed E-state index contributed by atoms with van der Waals surface area (Å²) in [5.41, 5.74) is 12.8. The van der Waals surface area contributed by atoms with E-state index in [0.717, 1.165) is 46.4 Å². The molecule has 0 aliphatic heterocycles. The van der Waals surface area contributed by atoms with Crippen molar-refractivity contribution in [2.75, 3.05) is 13.2 Å². The van der Waals surface area contributed by atoms with Gasteiger partial charge in [-0.15, -0.1) is 0 Å².